The van der Waals surface area contributed by atoms with Gasteiger partial charge in [0.25, 0.3) is 11.6 Å². The van der Waals surface area contributed by atoms with Crippen LogP contribution in [0.4, 0.5) is 5.69 Å². The Balaban J connectivity index is 2.54. The molecule has 98 valence electrons. The van der Waals surface area contributed by atoms with Crippen LogP contribution in [0.1, 0.15) is 10.4 Å². The van der Waals surface area contributed by atoms with E-state index in [1.54, 1.807) is 6.07 Å². The fourth-order valence-electron chi connectivity index (χ4n) is 1.32. The van der Waals surface area contributed by atoms with Gasteiger partial charge in [0.15, 0.2) is 0 Å². The van der Waals surface area contributed by atoms with Gasteiger partial charge in [-0.1, -0.05) is 12.1 Å². The highest BCUT2D eigenvalue weighted by Gasteiger charge is 2.18. The number of para-hydroxylation sites is 1. The molecule has 0 saturated heterocycles. The van der Waals surface area contributed by atoms with Crippen LogP contribution in [-0.4, -0.2) is 42.3 Å². The average molecular weight is 254 g/mol. The maximum atomic E-state index is 11.7. The monoisotopic (exact) mass is 254 g/mol. The van der Waals surface area contributed by atoms with Crippen LogP contribution in [0.15, 0.2) is 24.3 Å². The normalized spacial score (nSPS) is 10.1. The van der Waals surface area contributed by atoms with Crippen LogP contribution >= 0.6 is 0 Å². The van der Waals surface area contributed by atoms with Crippen molar-refractivity contribution >= 4 is 11.6 Å². The summed E-state index contributed by atoms with van der Waals surface area (Å²) in [7, 11) is 0. The zero-order valence-corrected chi connectivity index (χ0v) is 9.67. The molecule has 1 amide bonds. The lowest BCUT2D eigenvalue weighted by atomic mass is 10.1. The summed E-state index contributed by atoms with van der Waals surface area (Å²) in [5.41, 5.74) is -0.212. The van der Waals surface area contributed by atoms with Crippen molar-refractivity contribution in [3.63, 3.8) is 0 Å². The first kappa shape index (κ1) is 14.1. The topological polar surface area (TPSA) is 102 Å². The summed E-state index contributed by atoms with van der Waals surface area (Å²) in [5.74, 6) is -0.519. The molecule has 7 nitrogen and oxygen atoms in total. The summed E-state index contributed by atoms with van der Waals surface area (Å²) >= 11 is 0. The molecule has 0 radical (unpaired) electrons. The smallest absolute Gasteiger partial charge is 0.282 e. The van der Waals surface area contributed by atoms with Crippen molar-refractivity contribution in [2.24, 2.45) is 0 Å². The number of rotatable bonds is 7. The van der Waals surface area contributed by atoms with Crippen LogP contribution < -0.4 is 5.32 Å². The summed E-state index contributed by atoms with van der Waals surface area (Å²) in [5, 5.41) is 21.7. The number of ether oxygens (including phenoxy) is 1. The van der Waals surface area contributed by atoms with Gasteiger partial charge in [0.2, 0.25) is 0 Å². The van der Waals surface area contributed by atoms with Crippen LogP contribution in [-0.2, 0) is 4.74 Å². The van der Waals surface area contributed by atoms with Gasteiger partial charge in [-0.05, 0) is 6.07 Å². The number of carbonyl (C=O) groups is 1. The number of hydrogen-bond acceptors (Lipinski definition) is 5. The second-order valence-corrected chi connectivity index (χ2v) is 3.37. The number of carbonyl (C=O) groups excluding carboxylic acids is 1. The Kier molecular flexibility index (Phi) is 5.75. The lowest BCUT2D eigenvalue weighted by Gasteiger charge is -2.06. The number of nitrogens with zero attached hydrogens (tertiary/aromatic N) is 1. The van der Waals surface area contributed by atoms with Crippen molar-refractivity contribution in [1.82, 2.24) is 5.32 Å². The standard InChI is InChI=1S/C11H14N2O5/c14-6-8-18-7-5-12-11(15)9-3-1-2-4-10(9)13(16)17/h1-4,14H,5-8H2,(H,12,15). The molecule has 0 spiro atoms. The Hall–Kier alpha value is -1.99. The van der Waals surface area contributed by atoms with Crippen LogP contribution in [0.2, 0.25) is 0 Å². The molecule has 1 aromatic rings. The third kappa shape index (κ3) is 4.11. The lowest BCUT2D eigenvalue weighted by Crippen LogP contribution is -2.28. The Labute approximate surface area is 104 Å². The van der Waals surface area contributed by atoms with Crippen molar-refractivity contribution in [3.8, 4) is 0 Å². The molecule has 0 saturated carbocycles. The fraction of sp³-hybridized carbons (Fsp3) is 0.364. The van der Waals surface area contributed by atoms with Crippen molar-refractivity contribution < 1.29 is 19.6 Å². The van der Waals surface area contributed by atoms with Crippen LogP contribution in [0, 0.1) is 10.1 Å². The predicted molar refractivity (Wildman–Crippen MR) is 63.3 cm³/mol. The molecule has 0 aliphatic heterocycles. The number of benzene rings is 1. The van der Waals surface area contributed by atoms with Gasteiger partial charge in [-0.25, -0.2) is 0 Å². The van der Waals surface area contributed by atoms with Gasteiger partial charge in [-0.2, -0.15) is 0 Å². The minimum absolute atomic E-state index is 0.0182. The minimum atomic E-state index is -0.600. The summed E-state index contributed by atoms with van der Waals surface area (Å²) in [4.78, 5) is 21.8. The van der Waals surface area contributed by atoms with E-state index in [0.29, 0.717) is 0 Å². The summed E-state index contributed by atoms with van der Waals surface area (Å²) in [6.07, 6.45) is 0. The highest BCUT2D eigenvalue weighted by Crippen LogP contribution is 2.16. The van der Waals surface area contributed by atoms with E-state index in [0.717, 1.165) is 0 Å². The number of aliphatic hydroxyl groups is 1. The zero-order valence-electron chi connectivity index (χ0n) is 9.67. The zero-order chi connectivity index (χ0) is 13.4. The molecule has 0 unspecified atom stereocenters. The van der Waals surface area contributed by atoms with Gasteiger partial charge < -0.3 is 15.2 Å². The van der Waals surface area contributed by atoms with Crippen molar-refractivity contribution in [2.75, 3.05) is 26.4 Å². The van der Waals surface area contributed by atoms with Crippen molar-refractivity contribution in [3.05, 3.63) is 39.9 Å². The van der Waals surface area contributed by atoms with Gasteiger partial charge in [0.1, 0.15) is 5.56 Å². The van der Waals surface area contributed by atoms with E-state index in [2.05, 4.69) is 5.32 Å². The highest BCUT2D eigenvalue weighted by atomic mass is 16.6. The molecule has 0 atom stereocenters. The molecule has 0 bridgehead atoms. The third-order valence-electron chi connectivity index (χ3n) is 2.11. The van der Waals surface area contributed by atoms with Crippen LogP contribution in [0.25, 0.3) is 0 Å². The number of amides is 1. The first-order chi connectivity index (χ1) is 8.66. The number of nitrogens with one attached hydrogen (secondary N) is 1. The molecule has 2 N–H and O–H groups in total. The van der Waals surface area contributed by atoms with E-state index < -0.39 is 10.8 Å². The molecule has 18 heavy (non-hydrogen) atoms. The van der Waals surface area contributed by atoms with E-state index >= 15 is 0 Å². The predicted octanol–water partition coefficient (Wildman–Crippen LogP) is 0.333. The number of hydrogen-bond donors (Lipinski definition) is 2. The highest BCUT2D eigenvalue weighted by molar-refractivity contribution is 5.98. The molecule has 0 aliphatic carbocycles. The minimum Gasteiger partial charge on any atom is -0.394 e. The first-order valence-electron chi connectivity index (χ1n) is 5.37. The largest absolute Gasteiger partial charge is 0.394 e. The van der Waals surface area contributed by atoms with Gasteiger partial charge in [-0.3, -0.25) is 14.9 Å². The lowest BCUT2D eigenvalue weighted by molar-refractivity contribution is -0.385. The van der Waals surface area contributed by atoms with Gasteiger partial charge in [0, 0.05) is 12.6 Å². The summed E-state index contributed by atoms with van der Waals surface area (Å²) in [6, 6.07) is 5.72. The number of aliphatic hydroxyl groups excluding tert-OH is 1. The summed E-state index contributed by atoms with van der Waals surface area (Å²) < 4.78 is 4.95. The Morgan fingerprint density at radius 3 is 2.78 bits per heavy atom. The first-order valence-corrected chi connectivity index (χ1v) is 5.37. The molecule has 7 heteroatoms. The SMILES string of the molecule is O=C(NCCOCCO)c1ccccc1[N+](=O)[O-]. The third-order valence-corrected chi connectivity index (χ3v) is 2.11. The van der Waals surface area contributed by atoms with Crippen LogP contribution in [0.5, 0.6) is 0 Å². The molecule has 0 heterocycles. The van der Waals surface area contributed by atoms with Crippen LogP contribution in [0.3, 0.4) is 0 Å². The van der Waals surface area contributed by atoms with Gasteiger partial charge in [0.05, 0.1) is 24.7 Å². The van der Waals surface area contributed by atoms with Gasteiger partial charge in [-0.15, -0.1) is 0 Å². The van der Waals surface area contributed by atoms with E-state index in [1.807, 2.05) is 0 Å². The second kappa shape index (κ2) is 7.36. The average Bonchev–Trinajstić information content (AvgIpc) is 2.38. The molecule has 0 aliphatic rings. The maximum absolute atomic E-state index is 11.7. The number of nitro benzene ring substituents is 1. The molecule has 1 rings (SSSR count). The number of nitro groups is 1. The molecular weight excluding hydrogens is 240 g/mol. The Morgan fingerprint density at radius 1 is 1.39 bits per heavy atom. The van der Waals surface area contributed by atoms with Gasteiger partial charge >= 0.3 is 0 Å². The van der Waals surface area contributed by atoms with Crippen molar-refractivity contribution in [1.29, 1.82) is 0 Å². The molecule has 1 aromatic carbocycles. The Morgan fingerprint density at radius 2 is 2.11 bits per heavy atom. The fourth-order valence-corrected chi connectivity index (χ4v) is 1.32. The maximum Gasteiger partial charge on any atom is 0.282 e. The van der Waals surface area contributed by atoms with Crippen molar-refractivity contribution in [2.45, 2.75) is 0 Å². The molecule has 0 fully saturated rings. The molecule has 0 aromatic heterocycles. The van der Waals surface area contributed by atoms with E-state index in [-0.39, 0.29) is 37.6 Å². The quantitative estimate of drug-likeness (QED) is 0.415. The molecular formula is C11H14N2O5. The van der Waals surface area contributed by atoms with E-state index in [9.17, 15) is 14.9 Å². The van der Waals surface area contributed by atoms with E-state index in [1.165, 1.54) is 18.2 Å². The second-order valence-electron chi connectivity index (χ2n) is 3.37. The Bertz CT molecular complexity index is 422. The summed E-state index contributed by atoms with van der Waals surface area (Å²) in [6.45, 7) is 0.581. The van der Waals surface area contributed by atoms with E-state index in [4.69, 9.17) is 9.84 Å².